The minimum absolute atomic E-state index is 0.527. The van der Waals surface area contributed by atoms with Crippen molar-refractivity contribution >= 4 is 46.8 Å². The summed E-state index contributed by atoms with van der Waals surface area (Å²) >= 11 is 6.12. The van der Waals surface area contributed by atoms with Crippen LogP contribution in [0.15, 0.2) is 133 Å². The van der Waals surface area contributed by atoms with Crippen LogP contribution in [0.4, 0.5) is 11.4 Å². The van der Waals surface area contributed by atoms with Crippen LogP contribution in [0.25, 0.3) is 0 Å². The first-order chi connectivity index (χ1) is 17.3. The highest BCUT2D eigenvalue weighted by atomic mass is 35.5. The third kappa shape index (κ3) is 5.92. The summed E-state index contributed by atoms with van der Waals surface area (Å²) in [6, 6.07) is 45.8. The summed E-state index contributed by atoms with van der Waals surface area (Å²) in [7, 11) is -0.819. The zero-order valence-corrected chi connectivity index (χ0v) is 20.8. The lowest BCUT2D eigenvalue weighted by Gasteiger charge is -2.24. The first-order valence-corrected chi connectivity index (χ1v) is 13.2. The predicted octanol–water partition coefficient (Wildman–Crippen LogP) is 7.42. The highest BCUT2D eigenvalue weighted by Crippen LogP contribution is 2.38. The van der Waals surface area contributed by atoms with E-state index in [2.05, 4.69) is 90.2 Å². The van der Waals surface area contributed by atoms with Crippen LogP contribution in [-0.4, -0.2) is 0 Å². The number of ether oxygens (including phenoxy) is 1. The minimum Gasteiger partial charge on any atom is -0.489 e. The van der Waals surface area contributed by atoms with E-state index in [4.69, 9.17) is 16.3 Å². The Labute approximate surface area is 212 Å². The van der Waals surface area contributed by atoms with E-state index in [9.17, 15) is 0 Å². The molecule has 0 bridgehead atoms. The van der Waals surface area contributed by atoms with Gasteiger partial charge >= 0.3 is 0 Å². The van der Waals surface area contributed by atoms with Crippen LogP contribution >= 0.6 is 19.5 Å². The van der Waals surface area contributed by atoms with Gasteiger partial charge in [0.1, 0.15) is 12.4 Å². The van der Waals surface area contributed by atoms with Gasteiger partial charge < -0.3 is 10.1 Å². The Morgan fingerprint density at radius 1 is 0.629 bits per heavy atom. The second-order valence-electron chi connectivity index (χ2n) is 8.09. The van der Waals surface area contributed by atoms with Crippen LogP contribution in [0.1, 0.15) is 5.56 Å². The Morgan fingerprint density at radius 2 is 1.20 bits per heavy atom. The summed E-state index contributed by atoms with van der Waals surface area (Å²) in [6.45, 7) is 0.527. The Bertz CT molecular complexity index is 1320. The fraction of sp³-hybridized carbons (Fsp3) is 0.0323. The van der Waals surface area contributed by atoms with Crippen LogP contribution in [0.3, 0.4) is 0 Å². The zero-order valence-electron chi connectivity index (χ0n) is 19.1. The molecule has 5 aromatic rings. The topological polar surface area (TPSA) is 21.3 Å². The fourth-order valence-electron chi connectivity index (χ4n) is 3.90. The smallest absolute Gasteiger partial charge is 0.120 e. The number of hydrogen-bond acceptors (Lipinski definition) is 2. The molecule has 0 fully saturated rings. The van der Waals surface area contributed by atoms with E-state index in [1.165, 1.54) is 15.9 Å². The SMILES string of the molecule is Clc1ccc(Nc2ccc(OCc3ccccc3)cc2P(c2ccccc2)c2ccccc2)cc1. The van der Waals surface area contributed by atoms with Gasteiger partial charge in [-0.3, -0.25) is 0 Å². The van der Waals surface area contributed by atoms with E-state index in [0.29, 0.717) is 6.61 Å². The Hall–Kier alpha value is -3.58. The van der Waals surface area contributed by atoms with E-state index in [1.54, 1.807) is 0 Å². The molecule has 0 aliphatic heterocycles. The van der Waals surface area contributed by atoms with Crippen molar-refractivity contribution in [3.8, 4) is 5.75 Å². The van der Waals surface area contributed by atoms with Crippen molar-refractivity contribution in [2.75, 3.05) is 5.32 Å². The van der Waals surface area contributed by atoms with Crippen molar-refractivity contribution in [1.82, 2.24) is 0 Å². The van der Waals surface area contributed by atoms with Crippen molar-refractivity contribution in [2.45, 2.75) is 6.61 Å². The Balaban J connectivity index is 1.58. The minimum atomic E-state index is -0.819. The van der Waals surface area contributed by atoms with Gasteiger partial charge in [-0.1, -0.05) is 103 Å². The fourth-order valence-corrected chi connectivity index (χ4v) is 6.45. The molecule has 2 nitrogen and oxygen atoms in total. The van der Waals surface area contributed by atoms with E-state index >= 15 is 0 Å². The lowest BCUT2D eigenvalue weighted by molar-refractivity contribution is 0.306. The van der Waals surface area contributed by atoms with E-state index in [1.807, 2.05) is 48.5 Å². The number of anilines is 2. The molecule has 0 radical (unpaired) electrons. The molecule has 1 N–H and O–H groups in total. The van der Waals surface area contributed by atoms with Gasteiger partial charge in [-0.05, 0) is 66.6 Å². The molecule has 0 spiro atoms. The maximum absolute atomic E-state index is 6.24. The number of benzene rings is 5. The van der Waals surface area contributed by atoms with Gasteiger partial charge in [0.25, 0.3) is 0 Å². The molecule has 0 amide bonds. The van der Waals surface area contributed by atoms with Gasteiger partial charge in [0.05, 0.1) is 0 Å². The molecule has 5 aromatic carbocycles. The Kier molecular flexibility index (Phi) is 7.44. The average molecular weight is 494 g/mol. The van der Waals surface area contributed by atoms with Crippen molar-refractivity contribution in [2.24, 2.45) is 0 Å². The molecule has 0 atom stereocenters. The van der Waals surface area contributed by atoms with Crippen molar-refractivity contribution < 1.29 is 4.74 Å². The molecule has 0 aliphatic rings. The zero-order chi connectivity index (χ0) is 23.9. The van der Waals surface area contributed by atoms with Crippen molar-refractivity contribution in [1.29, 1.82) is 0 Å². The number of rotatable bonds is 8. The second-order valence-corrected chi connectivity index (χ2v) is 10.7. The van der Waals surface area contributed by atoms with E-state index in [0.717, 1.165) is 27.7 Å². The number of nitrogens with one attached hydrogen (secondary N) is 1. The van der Waals surface area contributed by atoms with Crippen LogP contribution in [0, 0.1) is 0 Å². The summed E-state index contributed by atoms with van der Waals surface area (Å²) in [5.41, 5.74) is 3.19. The molecule has 0 aromatic heterocycles. The van der Waals surface area contributed by atoms with Gasteiger partial charge in [0.15, 0.2) is 0 Å². The van der Waals surface area contributed by atoms with Gasteiger partial charge in [-0.2, -0.15) is 0 Å². The molecule has 5 rings (SSSR count). The molecule has 0 heterocycles. The summed E-state index contributed by atoms with van der Waals surface area (Å²) < 4.78 is 6.24. The lowest BCUT2D eigenvalue weighted by Crippen LogP contribution is -2.22. The highest BCUT2D eigenvalue weighted by molar-refractivity contribution is 7.80. The summed E-state index contributed by atoms with van der Waals surface area (Å²) in [5.74, 6) is 0.852. The highest BCUT2D eigenvalue weighted by Gasteiger charge is 2.21. The van der Waals surface area contributed by atoms with Crippen molar-refractivity contribution in [3.05, 3.63) is 144 Å². The molecular formula is C31H25ClNOP. The summed E-state index contributed by atoms with van der Waals surface area (Å²) in [6.07, 6.45) is 0. The predicted molar refractivity (Wildman–Crippen MR) is 151 cm³/mol. The summed E-state index contributed by atoms with van der Waals surface area (Å²) in [4.78, 5) is 0. The van der Waals surface area contributed by atoms with Crippen molar-refractivity contribution in [3.63, 3.8) is 0 Å². The van der Waals surface area contributed by atoms with Gasteiger partial charge in [-0.25, -0.2) is 0 Å². The quantitative estimate of drug-likeness (QED) is 0.227. The van der Waals surface area contributed by atoms with Gasteiger partial charge in [0.2, 0.25) is 0 Å². The molecule has 172 valence electrons. The molecule has 0 aliphatic carbocycles. The molecule has 0 unspecified atom stereocenters. The van der Waals surface area contributed by atoms with Crippen LogP contribution in [-0.2, 0) is 6.61 Å². The maximum Gasteiger partial charge on any atom is 0.120 e. The molecule has 4 heteroatoms. The largest absolute Gasteiger partial charge is 0.489 e. The Morgan fingerprint density at radius 3 is 1.80 bits per heavy atom. The van der Waals surface area contributed by atoms with Crippen LogP contribution in [0.2, 0.25) is 5.02 Å². The summed E-state index contributed by atoms with van der Waals surface area (Å²) in [5, 5.41) is 8.12. The third-order valence-corrected chi connectivity index (χ3v) is 8.34. The standard InChI is InChI=1S/C31H25ClNOP/c32-25-16-18-26(19-17-25)33-30-21-20-27(34-23-24-10-4-1-5-11-24)22-31(30)35(28-12-6-2-7-13-28)29-14-8-3-9-15-29/h1-22,33H,23H2. The van der Waals surface area contributed by atoms with E-state index < -0.39 is 7.92 Å². The normalized spacial score (nSPS) is 10.8. The number of hydrogen-bond donors (Lipinski definition) is 1. The maximum atomic E-state index is 6.24. The first-order valence-electron chi connectivity index (χ1n) is 11.5. The molecule has 0 saturated heterocycles. The van der Waals surface area contributed by atoms with Gasteiger partial charge in [0, 0.05) is 21.7 Å². The van der Waals surface area contributed by atoms with Gasteiger partial charge in [-0.15, -0.1) is 0 Å². The molecule has 35 heavy (non-hydrogen) atoms. The number of halogens is 1. The monoisotopic (exact) mass is 493 g/mol. The average Bonchev–Trinajstić information content (AvgIpc) is 2.92. The van der Waals surface area contributed by atoms with Crippen LogP contribution in [0.5, 0.6) is 5.75 Å². The van der Waals surface area contributed by atoms with E-state index in [-0.39, 0.29) is 0 Å². The first kappa shape index (κ1) is 23.2. The molecule has 0 saturated carbocycles. The lowest BCUT2D eigenvalue weighted by atomic mass is 10.2. The third-order valence-electron chi connectivity index (χ3n) is 5.61. The second kappa shape index (κ2) is 11.2. The molecular weight excluding hydrogens is 469 g/mol. The van der Waals surface area contributed by atoms with Crippen LogP contribution < -0.4 is 26.0 Å².